The van der Waals surface area contributed by atoms with Crippen molar-refractivity contribution in [2.24, 2.45) is 0 Å². The van der Waals surface area contributed by atoms with Gasteiger partial charge in [0.2, 0.25) is 0 Å². The van der Waals surface area contributed by atoms with Gasteiger partial charge in [0.25, 0.3) is 0 Å². The van der Waals surface area contributed by atoms with Crippen LogP contribution in [0.25, 0.3) is 0 Å². The summed E-state index contributed by atoms with van der Waals surface area (Å²) in [5.74, 6) is -4.88. The van der Waals surface area contributed by atoms with Gasteiger partial charge in [-0.1, -0.05) is 0 Å². The van der Waals surface area contributed by atoms with Gasteiger partial charge in [0.15, 0.2) is 17.5 Å². The van der Waals surface area contributed by atoms with Crippen LogP contribution in [0.3, 0.4) is 0 Å². The van der Waals surface area contributed by atoms with Crippen LogP contribution in [0.2, 0.25) is 0 Å². The van der Waals surface area contributed by atoms with Crippen LogP contribution in [-0.2, 0) is 0 Å². The Labute approximate surface area is 71.7 Å². The molecular formula is C6H5BF3NO2. The molecule has 13 heavy (non-hydrogen) atoms. The van der Waals surface area contributed by atoms with Crippen molar-refractivity contribution in [3.05, 3.63) is 23.5 Å². The zero-order valence-corrected chi connectivity index (χ0v) is 6.26. The Morgan fingerprint density at radius 1 is 1.15 bits per heavy atom. The van der Waals surface area contributed by atoms with Gasteiger partial charge in [-0.15, -0.1) is 0 Å². The quantitative estimate of drug-likeness (QED) is 0.314. The SMILES string of the molecule is Nc1c(B(O)O)cc(F)c(F)c1F. The lowest BCUT2D eigenvalue weighted by Crippen LogP contribution is -2.34. The third kappa shape index (κ3) is 1.61. The fraction of sp³-hybridized carbons (Fsp3) is 0. The van der Waals surface area contributed by atoms with Crippen LogP contribution in [-0.4, -0.2) is 17.2 Å². The Kier molecular flexibility index (Phi) is 2.49. The van der Waals surface area contributed by atoms with Crippen molar-refractivity contribution in [1.82, 2.24) is 0 Å². The maximum Gasteiger partial charge on any atom is 0.490 e. The summed E-state index contributed by atoms with van der Waals surface area (Å²) in [5.41, 5.74) is 3.54. The fourth-order valence-electron chi connectivity index (χ4n) is 0.841. The van der Waals surface area contributed by atoms with Crippen molar-refractivity contribution in [1.29, 1.82) is 0 Å². The molecule has 0 fully saturated rings. The summed E-state index contributed by atoms with van der Waals surface area (Å²) in [6, 6.07) is 0.429. The second-order valence-electron chi connectivity index (χ2n) is 2.36. The fourth-order valence-corrected chi connectivity index (χ4v) is 0.841. The number of nitrogen functional groups attached to an aromatic ring is 1. The molecule has 0 saturated carbocycles. The van der Waals surface area contributed by atoms with E-state index in [0.717, 1.165) is 0 Å². The van der Waals surface area contributed by atoms with Crippen molar-refractivity contribution in [3.63, 3.8) is 0 Å². The lowest BCUT2D eigenvalue weighted by atomic mass is 9.79. The standard InChI is InChI=1S/C6H5BF3NO2/c8-3-1-2(7(12)13)6(11)5(10)4(3)9/h1,12-13H,11H2. The second-order valence-corrected chi connectivity index (χ2v) is 2.36. The van der Waals surface area contributed by atoms with Gasteiger partial charge in [0.05, 0.1) is 5.69 Å². The monoisotopic (exact) mass is 191 g/mol. The Morgan fingerprint density at radius 2 is 1.69 bits per heavy atom. The smallest absolute Gasteiger partial charge is 0.423 e. The van der Waals surface area contributed by atoms with Gasteiger partial charge in [-0.3, -0.25) is 0 Å². The molecule has 1 aromatic carbocycles. The van der Waals surface area contributed by atoms with E-state index in [1.54, 1.807) is 0 Å². The molecule has 1 rings (SSSR count). The van der Waals surface area contributed by atoms with Gasteiger partial charge < -0.3 is 15.8 Å². The van der Waals surface area contributed by atoms with Crippen molar-refractivity contribution in [2.45, 2.75) is 0 Å². The molecular weight excluding hydrogens is 186 g/mol. The highest BCUT2D eigenvalue weighted by Crippen LogP contribution is 2.14. The van der Waals surface area contributed by atoms with E-state index < -0.39 is 35.7 Å². The average Bonchev–Trinajstić information content (AvgIpc) is 2.07. The molecule has 0 saturated heterocycles. The van der Waals surface area contributed by atoms with Crippen molar-refractivity contribution >= 4 is 18.3 Å². The molecule has 0 spiro atoms. The Hall–Kier alpha value is -1.21. The van der Waals surface area contributed by atoms with Crippen molar-refractivity contribution < 1.29 is 23.2 Å². The highest BCUT2D eigenvalue weighted by Gasteiger charge is 2.23. The number of hydrogen-bond acceptors (Lipinski definition) is 3. The highest BCUT2D eigenvalue weighted by molar-refractivity contribution is 6.60. The molecule has 0 unspecified atom stereocenters. The summed E-state index contributed by atoms with van der Waals surface area (Å²) >= 11 is 0. The third-order valence-electron chi connectivity index (χ3n) is 1.51. The molecule has 0 atom stereocenters. The number of nitrogens with two attached hydrogens (primary N) is 1. The number of anilines is 1. The first kappa shape index (κ1) is 9.88. The van der Waals surface area contributed by atoms with Crippen molar-refractivity contribution in [3.8, 4) is 0 Å². The van der Waals surface area contributed by atoms with E-state index in [-0.39, 0.29) is 0 Å². The largest absolute Gasteiger partial charge is 0.490 e. The topological polar surface area (TPSA) is 66.5 Å². The number of rotatable bonds is 1. The van der Waals surface area contributed by atoms with E-state index in [1.807, 2.05) is 0 Å². The summed E-state index contributed by atoms with van der Waals surface area (Å²) in [4.78, 5) is 0. The molecule has 0 radical (unpaired) electrons. The molecule has 0 heterocycles. The van der Waals surface area contributed by atoms with E-state index >= 15 is 0 Å². The van der Waals surface area contributed by atoms with Crippen LogP contribution in [0, 0.1) is 17.5 Å². The molecule has 0 aliphatic rings. The minimum Gasteiger partial charge on any atom is -0.423 e. The van der Waals surface area contributed by atoms with Gasteiger partial charge in [0.1, 0.15) is 0 Å². The Morgan fingerprint density at radius 3 is 2.15 bits per heavy atom. The van der Waals surface area contributed by atoms with Crippen LogP contribution in [0.1, 0.15) is 0 Å². The molecule has 7 heteroatoms. The van der Waals surface area contributed by atoms with Crippen LogP contribution in [0.15, 0.2) is 6.07 Å². The molecule has 0 aromatic heterocycles. The summed E-state index contributed by atoms with van der Waals surface area (Å²) in [7, 11) is -2.13. The zero-order valence-electron chi connectivity index (χ0n) is 6.26. The van der Waals surface area contributed by atoms with Gasteiger partial charge in [0, 0.05) is 5.46 Å². The van der Waals surface area contributed by atoms with Crippen LogP contribution in [0.4, 0.5) is 18.9 Å². The second kappa shape index (κ2) is 3.27. The predicted molar refractivity (Wildman–Crippen MR) is 40.6 cm³/mol. The molecule has 70 valence electrons. The molecule has 1 aromatic rings. The van der Waals surface area contributed by atoms with Crippen LogP contribution >= 0.6 is 0 Å². The highest BCUT2D eigenvalue weighted by atomic mass is 19.2. The molecule has 3 nitrogen and oxygen atoms in total. The molecule has 0 aliphatic heterocycles. The maximum atomic E-state index is 12.7. The van der Waals surface area contributed by atoms with E-state index in [4.69, 9.17) is 15.8 Å². The van der Waals surface area contributed by atoms with E-state index in [9.17, 15) is 13.2 Å². The van der Waals surface area contributed by atoms with E-state index in [1.165, 1.54) is 0 Å². The predicted octanol–water partition coefficient (Wildman–Crippen LogP) is -0.634. The minimum atomic E-state index is -2.13. The van der Waals surface area contributed by atoms with Gasteiger partial charge in [-0.25, -0.2) is 13.2 Å². The Balaban J connectivity index is 3.41. The average molecular weight is 191 g/mol. The molecule has 4 N–H and O–H groups in total. The van der Waals surface area contributed by atoms with E-state index in [2.05, 4.69) is 0 Å². The van der Waals surface area contributed by atoms with Gasteiger partial charge >= 0.3 is 7.12 Å². The van der Waals surface area contributed by atoms with Gasteiger partial charge in [-0.2, -0.15) is 0 Å². The normalized spacial score (nSPS) is 10.2. The van der Waals surface area contributed by atoms with Crippen LogP contribution in [0.5, 0.6) is 0 Å². The number of halogens is 3. The van der Waals surface area contributed by atoms with E-state index in [0.29, 0.717) is 6.07 Å². The first-order valence-corrected chi connectivity index (χ1v) is 3.24. The van der Waals surface area contributed by atoms with Crippen molar-refractivity contribution in [2.75, 3.05) is 5.73 Å². The molecule has 0 amide bonds. The lowest BCUT2D eigenvalue weighted by Gasteiger charge is -2.06. The Bertz CT molecular complexity index is 345. The summed E-state index contributed by atoms with van der Waals surface area (Å²) in [6.07, 6.45) is 0. The van der Waals surface area contributed by atoms with Crippen LogP contribution < -0.4 is 11.2 Å². The summed E-state index contributed by atoms with van der Waals surface area (Å²) in [6.45, 7) is 0. The van der Waals surface area contributed by atoms with Gasteiger partial charge in [-0.05, 0) is 6.07 Å². The number of hydrogen-bond donors (Lipinski definition) is 3. The molecule has 0 aliphatic carbocycles. The minimum absolute atomic E-state index is 0.429. The lowest BCUT2D eigenvalue weighted by molar-refractivity contribution is 0.422. The first-order valence-electron chi connectivity index (χ1n) is 3.24. The number of benzene rings is 1. The summed E-state index contributed by atoms with van der Waals surface area (Å²) < 4.78 is 37.6. The molecule has 0 bridgehead atoms. The zero-order chi connectivity index (χ0) is 10.2. The summed E-state index contributed by atoms with van der Waals surface area (Å²) in [5, 5.41) is 17.1. The third-order valence-corrected chi connectivity index (χ3v) is 1.51. The maximum absolute atomic E-state index is 12.7. The first-order chi connectivity index (χ1) is 5.95.